The maximum atomic E-state index is 13.3. The number of halogens is 2. The molecular formula is C22H32F2O2. The molecule has 1 heterocycles. The number of ether oxygens (including phenoxy) is 2. The summed E-state index contributed by atoms with van der Waals surface area (Å²) < 4.78 is 37.9. The second-order valence-corrected chi connectivity index (χ2v) is 8.14. The summed E-state index contributed by atoms with van der Waals surface area (Å²) >= 11 is 0. The van der Waals surface area contributed by atoms with Crippen molar-refractivity contribution in [2.75, 3.05) is 13.2 Å². The van der Waals surface area contributed by atoms with Crippen molar-refractivity contribution >= 4 is 0 Å². The Bertz CT molecular complexity index is 547. The normalized spacial score (nSPS) is 29.7. The van der Waals surface area contributed by atoms with Gasteiger partial charge in [-0.05, 0) is 30.4 Å². The van der Waals surface area contributed by atoms with Gasteiger partial charge in [-0.15, -0.1) is 0 Å². The van der Waals surface area contributed by atoms with E-state index < -0.39 is 17.9 Å². The maximum Gasteiger partial charge on any atom is 0.183 e. The first-order chi connectivity index (χ1) is 12.7. The Kier molecular flexibility index (Phi) is 7.44. The average Bonchev–Trinajstić information content (AvgIpc) is 2.68. The van der Waals surface area contributed by atoms with Gasteiger partial charge in [0.05, 0.1) is 13.2 Å². The van der Waals surface area contributed by atoms with Crippen LogP contribution in [-0.2, 0) is 9.47 Å². The van der Waals surface area contributed by atoms with Gasteiger partial charge in [0.25, 0.3) is 0 Å². The quantitative estimate of drug-likeness (QED) is 0.555. The summed E-state index contributed by atoms with van der Waals surface area (Å²) in [7, 11) is 0. The van der Waals surface area contributed by atoms with Crippen LogP contribution >= 0.6 is 0 Å². The van der Waals surface area contributed by atoms with Crippen LogP contribution in [0, 0.1) is 29.4 Å². The fourth-order valence-electron chi connectivity index (χ4n) is 4.33. The van der Waals surface area contributed by atoms with E-state index in [9.17, 15) is 8.78 Å². The van der Waals surface area contributed by atoms with E-state index in [2.05, 4.69) is 6.92 Å². The molecule has 0 N–H and O–H groups in total. The molecule has 1 aromatic rings. The molecule has 4 heteroatoms. The second kappa shape index (κ2) is 9.80. The third kappa shape index (κ3) is 5.50. The van der Waals surface area contributed by atoms with E-state index in [-0.39, 0.29) is 0 Å². The van der Waals surface area contributed by atoms with Crippen LogP contribution in [0.2, 0.25) is 0 Å². The molecule has 1 aliphatic heterocycles. The predicted octanol–water partition coefficient (Wildman–Crippen LogP) is 6.40. The van der Waals surface area contributed by atoms with Gasteiger partial charge in [-0.25, -0.2) is 8.78 Å². The molecule has 2 fully saturated rings. The van der Waals surface area contributed by atoms with Crippen LogP contribution < -0.4 is 0 Å². The Morgan fingerprint density at radius 2 is 1.46 bits per heavy atom. The Morgan fingerprint density at radius 1 is 0.846 bits per heavy atom. The molecule has 2 nitrogen and oxygen atoms in total. The van der Waals surface area contributed by atoms with Crippen LogP contribution in [0.5, 0.6) is 0 Å². The highest BCUT2D eigenvalue weighted by atomic mass is 19.2. The second-order valence-electron chi connectivity index (χ2n) is 8.14. The summed E-state index contributed by atoms with van der Waals surface area (Å²) in [6, 6.07) is 3.82. The van der Waals surface area contributed by atoms with Crippen LogP contribution in [0.15, 0.2) is 18.2 Å². The van der Waals surface area contributed by atoms with E-state index in [0.717, 1.165) is 30.4 Å². The molecule has 2 aliphatic rings. The first kappa shape index (κ1) is 19.8. The monoisotopic (exact) mass is 366 g/mol. The van der Waals surface area contributed by atoms with Gasteiger partial charge in [-0.2, -0.15) is 0 Å². The van der Waals surface area contributed by atoms with Gasteiger partial charge in [0, 0.05) is 11.5 Å². The van der Waals surface area contributed by atoms with E-state index >= 15 is 0 Å². The maximum absolute atomic E-state index is 13.3. The molecule has 1 aliphatic carbocycles. The lowest BCUT2D eigenvalue weighted by molar-refractivity contribution is -0.206. The SMILES string of the molecule is CCCC[C@H]1CC[C@H](CC[C@H]2CO[C@H](c3ccc(F)c(F)c3)OC2)CC1. The molecule has 0 unspecified atom stereocenters. The minimum Gasteiger partial charge on any atom is -0.348 e. The van der Waals surface area contributed by atoms with E-state index in [1.54, 1.807) is 0 Å². The summed E-state index contributed by atoms with van der Waals surface area (Å²) in [5.74, 6) is 0.536. The molecule has 146 valence electrons. The van der Waals surface area contributed by atoms with Crippen molar-refractivity contribution in [1.82, 2.24) is 0 Å². The van der Waals surface area contributed by atoms with E-state index in [1.165, 1.54) is 57.4 Å². The Labute approximate surface area is 156 Å². The van der Waals surface area contributed by atoms with Gasteiger partial charge in [0.15, 0.2) is 17.9 Å². The van der Waals surface area contributed by atoms with Crippen LogP contribution in [0.25, 0.3) is 0 Å². The Morgan fingerprint density at radius 3 is 2.08 bits per heavy atom. The molecular weight excluding hydrogens is 334 g/mol. The summed E-state index contributed by atoms with van der Waals surface area (Å²) in [5.41, 5.74) is 0.549. The fraction of sp³-hybridized carbons (Fsp3) is 0.727. The zero-order valence-electron chi connectivity index (χ0n) is 15.9. The molecule has 0 spiro atoms. The predicted molar refractivity (Wildman–Crippen MR) is 98.7 cm³/mol. The molecule has 0 aromatic heterocycles. The minimum absolute atomic E-state index is 0.411. The van der Waals surface area contributed by atoms with Crippen LogP contribution in [0.1, 0.15) is 76.6 Å². The Hall–Kier alpha value is -1.00. The van der Waals surface area contributed by atoms with Crippen molar-refractivity contribution in [1.29, 1.82) is 0 Å². The molecule has 0 bridgehead atoms. The zero-order valence-corrected chi connectivity index (χ0v) is 15.9. The molecule has 0 atom stereocenters. The molecule has 0 radical (unpaired) electrons. The van der Waals surface area contributed by atoms with Crippen LogP contribution in [-0.4, -0.2) is 13.2 Å². The van der Waals surface area contributed by atoms with Crippen molar-refractivity contribution in [3.05, 3.63) is 35.4 Å². The highest BCUT2D eigenvalue weighted by molar-refractivity contribution is 5.19. The minimum atomic E-state index is -0.855. The van der Waals surface area contributed by atoms with E-state index in [0.29, 0.717) is 24.7 Å². The van der Waals surface area contributed by atoms with Crippen molar-refractivity contribution in [2.45, 2.75) is 71.0 Å². The van der Waals surface area contributed by atoms with Gasteiger partial charge in [-0.1, -0.05) is 64.4 Å². The average molecular weight is 366 g/mol. The lowest BCUT2D eigenvalue weighted by Gasteiger charge is -2.32. The number of hydrogen-bond acceptors (Lipinski definition) is 2. The van der Waals surface area contributed by atoms with Crippen molar-refractivity contribution in [3.63, 3.8) is 0 Å². The fourth-order valence-corrected chi connectivity index (χ4v) is 4.33. The summed E-state index contributed by atoms with van der Waals surface area (Å²) in [6.45, 7) is 3.54. The molecule has 1 saturated heterocycles. The number of benzene rings is 1. The van der Waals surface area contributed by atoms with Crippen molar-refractivity contribution in [3.8, 4) is 0 Å². The third-order valence-electron chi connectivity index (χ3n) is 6.10. The van der Waals surface area contributed by atoms with Gasteiger partial charge in [0.1, 0.15) is 0 Å². The first-order valence-corrected chi connectivity index (χ1v) is 10.3. The molecule has 1 saturated carbocycles. The number of hydrogen-bond donors (Lipinski definition) is 0. The standard InChI is InChI=1S/C22H32F2O2/c1-2-3-4-16-5-7-17(8-6-16)9-10-18-14-25-22(26-15-18)19-11-12-20(23)21(24)13-19/h11-13,16-18,22H,2-10,14-15H2,1H3/t16-,17-,18-,22-. The lowest BCUT2D eigenvalue weighted by atomic mass is 9.77. The highest BCUT2D eigenvalue weighted by Crippen LogP contribution is 2.36. The molecule has 0 amide bonds. The van der Waals surface area contributed by atoms with E-state index in [1.807, 2.05) is 0 Å². The van der Waals surface area contributed by atoms with Gasteiger partial charge >= 0.3 is 0 Å². The largest absolute Gasteiger partial charge is 0.348 e. The Balaban J connectivity index is 1.35. The van der Waals surface area contributed by atoms with E-state index in [4.69, 9.17) is 9.47 Å². The zero-order chi connectivity index (χ0) is 18.4. The third-order valence-corrected chi connectivity index (χ3v) is 6.10. The van der Waals surface area contributed by atoms with Crippen LogP contribution in [0.4, 0.5) is 8.78 Å². The summed E-state index contributed by atoms with van der Waals surface area (Å²) in [6.07, 6.45) is 11.5. The molecule has 1 aromatic carbocycles. The molecule has 26 heavy (non-hydrogen) atoms. The highest BCUT2D eigenvalue weighted by Gasteiger charge is 2.26. The first-order valence-electron chi connectivity index (χ1n) is 10.3. The lowest BCUT2D eigenvalue weighted by Crippen LogP contribution is -2.28. The summed E-state index contributed by atoms with van der Waals surface area (Å²) in [5, 5.41) is 0. The van der Waals surface area contributed by atoms with Crippen molar-refractivity contribution < 1.29 is 18.3 Å². The van der Waals surface area contributed by atoms with Crippen molar-refractivity contribution in [2.24, 2.45) is 17.8 Å². The summed E-state index contributed by atoms with van der Waals surface area (Å²) in [4.78, 5) is 0. The smallest absolute Gasteiger partial charge is 0.183 e. The molecule has 3 rings (SSSR count). The number of unbranched alkanes of at least 4 members (excludes halogenated alkanes) is 1. The topological polar surface area (TPSA) is 18.5 Å². The van der Waals surface area contributed by atoms with Crippen LogP contribution in [0.3, 0.4) is 0 Å². The van der Waals surface area contributed by atoms with Gasteiger partial charge in [0.2, 0.25) is 0 Å². The van der Waals surface area contributed by atoms with Gasteiger partial charge in [-0.3, -0.25) is 0 Å². The van der Waals surface area contributed by atoms with Gasteiger partial charge < -0.3 is 9.47 Å². The number of rotatable bonds is 7.